The summed E-state index contributed by atoms with van der Waals surface area (Å²) in [5, 5.41) is 13.4. The van der Waals surface area contributed by atoms with Gasteiger partial charge in [-0.05, 0) is 49.7 Å². The molecular weight excluding hydrogens is 454 g/mol. The molecule has 3 aromatic rings. The molecule has 0 aliphatic carbocycles. The molecule has 0 spiro atoms. The third-order valence-electron chi connectivity index (χ3n) is 5.49. The molecule has 1 unspecified atom stereocenters. The topological polar surface area (TPSA) is 134 Å². The normalized spacial score (nSPS) is 15.4. The largest absolute Gasteiger partial charge is 0.497 e. The number of hydrogen-bond acceptors (Lipinski definition) is 8. The number of aromatic nitrogens is 3. The lowest BCUT2D eigenvalue weighted by Gasteiger charge is -2.29. The molecule has 0 radical (unpaired) electrons. The fraction of sp³-hybridized carbons (Fsp3) is 0.292. The number of ether oxygens (including phenoxy) is 3. The number of amides is 2. The monoisotopic (exact) mass is 479 g/mol. The molecule has 4 rings (SSSR count). The average molecular weight is 479 g/mol. The number of methoxy groups -OCH3 is 1. The first-order valence-corrected chi connectivity index (χ1v) is 11.1. The number of esters is 2. The quantitative estimate of drug-likeness (QED) is 0.471. The van der Waals surface area contributed by atoms with Crippen LogP contribution in [0.1, 0.15) is 35.8 Å². The van der Waals surface area contributed by atoms with Crippen molar-refractivity contribution in [3.8, 4) is 5.75 Å². The fourth-order valence-corrected chi connectivity index (χ4v) is 3.78. The van der Waals surface area contributed by atoms with E-state index in [1.165, 1.54) is 0 Å². The van der Waals surface area contributed by atoms with Gasteiger partial charge in [0.25, 0.3) is 0 Å². The number of carbonyl (C=O) groups is 3. The van der Waals surface area contributed by atoms with Crippen LogP contribution >= 0.6 is 0 Å². The summed E-state index contributed by atoms with van der Waals surface area (Å²) < 4.78 is 17.6. The molecule has 35 heavy (non-hydrogen) atoms. The second kappa shape index (κ2) is 10.2. The van der Waals surface area contributed by atoms with Crippen LogP contribution in [-0.2, 0) is 20.8 Å². The molecule has 2 N–H and O–H groups in total. The van der Waals surface area contributed by atoms with E-state index in [4.69, 9.17) is 14.2 Å². The molecule has 1 aromatic heterocycles. The molecule has 0 bridgehead atoms. The number of benzene rings is 2. The molecule has 0 saturated heterocycles. The Balaban J connectivity index is 1.61. The average Bonchev–Trinajstić information content (AvgIpc) is 3.29. The molecule has 2 amide bonds. The Hall–Kier alpha value is -4.41. The minimum absolute atomic E-state index is 0.136. The van der Waals surface area contributed by atoms with Gasteiger partial charge in [0.2, 0.25) is 0 Å². The number of fused-ring (bicyclic) bond motifs is 1. The molecule has 11 nitrogen and oxygen atoms in total. The number of carbonyl (C=O) groups excluding carboxylic acids is 3. The van der Waals surface area contributed by atoms with E-state index in [0.29, 0.717) is 23.4 Å². The summed E-state index contributed by atoms with van der Waals surface area (Å²) >= 11 is 0. The highest BCUT2D eigenvalue weighted by molar-refractivity contribution is 5.96. The number of aryl methyl sites for hydroxylation is 1. The van der Waals surface area contributed by atoms with E-state index in [1.54, 1.807) is 61.2 Å². The van der Waals surface area contributed by atoms with E-state index in [-0.39, 0.29) is 30.0 Å². The van der Waals surface area contributed by atoms with Crippen LogP contribution < -0.4 is 15.4 Å². The van der Waals surface area contributed by atoms with Gasteiger partial charge in [0.1, 0.15) is 17.9 Å². The second-order valence-electron chi connectivity index (χ2n) is 7.60. The number of nitrogens with one attached hydrogen (secondary N) is 2. The van der Waals surface area contributed by atoms with Crippen molar-refractivity contribution in [1.29, 1.82) is 0 Å². The Bertz CT molecular complexity index is 1300. The molecule has 182 valence electrons. The summed E-state index contributed by atoms with van der Waals surface area (Å²) in [6.45, 7) is 4.07. The summed E-state index contributed by atoms with van der Waals surface area (Å²) in [7, 11) is 1.54. The van der Waals surface area contributed by atoms with Gasteiger partial charge in [-0.3, -0.25) is 0 Å². The van der Waals surface area contributed by atoms with E-state index in [2.05, 4.69) is 20.9 Å². The van der Waals surface area contributed by atoms with Gasteiger partial charge < -0.3 is 24.8 Å². The van der Waals surface area contributed by atoms with Crippen molar-refractivity contribution in [3.63, 3.8) is 0 Å². The first kappa shape index (κ1) is 23.7. The van der Waals surface area contributed by atoms with Crippen LogP contribution in [-0.4, -0.2) is 53.3 Å². The van der Waals surface area contributed by atoms with Crippen molar-refractivity contribution >= 4 is 29.0 Å². The predicted molar refractivity (Wildman–Crippen MR) is 125 cm³/mol. The maximum absolute atomic E-state index is 12.9. The van der Waals surface area contributed by atoms with Crippen molar-refractivity contribution in [2.45, 2.75) is 26.4 Å². The third-order valence-corrected chi connectivity index (χ3v) is 5.49. The van der Waals surface area contributed by atoms with E-state index in [1.807, 2.05) is 6.92 Å². The lowest BCUT2D eigenvalue weighted by atomic mass is 9.95. The Morgan fingerprint density at radius 3 is 2.51 bits per heavy atom. The zero-order valence-corrected chi connectivity index (χ0v) is 19.5. The van der Waals surface area contributed by atoms with Crippen LogP contribution in [0.4, 0.5) is 4.79 Å². The van der Waals surface area contributed by atoms with Crippen LogP contribution in [0, 0.1) is 0 Å². The predicted octanol–water partition coefficient (Wildman–Crippen LogP) is 2.49. The molecule has 0 saturated carbocycles. The summed E-state index contributed by atoms with van der Waals surface area (Å²) in [6, 6.07) is 10.5. The van der Waals surface area contributed by atoms with Crippen molar-refractivity contribution in [1.82, 2.24) is 25.6 Å². The molecule has 1 atom stereocenters. The van der Waals surface area contributed by atoms with Crippen LogP contribution in [0.2, 0.25) is 0 Å². The third kappa shape index (κ3) is 4.93. The smallest absolute Gasteiger partial charge is 0.338 e. The van der Waals surface area contributed by atoms with E-state index in [0.717, 1.165) is 5.52 Å². The molecule has 0 fully saturated rings. The van der Waals surface area contributed by atoms with Crippen molar-refractivity contribution in [2.75, 3.05) is 20.3 Å². The Labute approximate surface area is 201 Å². The zero-order chi connectivity index (χ0) is 24.9. The molecule has 2 aromatic carbocycles. The van der Waals surface area contributed by atoms with Crippen LogP contribution in [0.15, 0.2) is 53.7 Å². The summed E-state index contributed by atoms with van der Waals surface area (Å²) in [4.78, 5) is 38.0. The SMILES string of the molecule is CCOC(=O)C1=C(COC(=O)c2ccc3c(c2)nnn3CC)NC(=O)NC1c1ccc(OC)cc1. The Morgan fingerprint density at radius 2 is 1.83 bits per heavy atom. The summed E-state index contributed by atoms with van der Waals surface area (Å²) in [6.07, 6.45) is 0. The standard InChI is InChI=1S/C24H25N5O6/c1-4-29-19-11-8-15(12-17(19)27-28-29)22(30)35-13-18-20(23(31)34-5-2)21(26-24(32)25-18)14-6-9-16(33-3)10-7-14/h6-12,21H,4-5,13H2,1-3H3,(H2,25,26,32). The molecular formula is C24H25N5O6. The van der Waals surface area contributed by atoms with Gasteiger partial charge in [-0.25, -0.2) is 19.1 Å². The molecule has 2 heterocycles. The van der Waals surface area contributed by atoms with Gasteiger partial charge in [0, 0.05) is 6.54 Å². The molecule has 11 heteroatoms. The van der Waals surface area contributed by atoms with Crippen molar-refractivity contribution in [3.05, 3.63) is 64.9 Å². The summed E-state index contributed by atoms with van der Waals surface area (Å²) in [5.41, 5.74) is 2.54. The van der Waals surface area contributed by atoms with Gasteiger partial charge >= 0.3 is 18.0 Å². The highest BCUT2D eigenvalue weighted by Gasteiger charge is 2.34. The zero-order valence-electron chi connectivity index (χ0n) is 19.5. The van der Waals surface area contributed by atoms with E-state index >= 15 is 0 Å². The fourth-order valence-electron chi connectivity index (χ4n) is 3.78. The maximum Gasteiger partial charge on any atom is 0.338 e. The van der Waals surface area contributed by atoms with Crippen molar-refractivity contribution in [2.24, 2.45) is 0 Å². The Kier molecular flexibility index (Phi) is 6.95. The highest BCUT2D eigenvalue weighted by atomic mass is 16.5. The number of nitrogens with zero attached hydrogens (tertiary/aromatic N) is 3. The first-order chi connectivity index (χ1) is 16.9. The number of urea groups is 1. The van der Waals surface area contributed by atoms with Gasteiger partial charge in [-0.2, -0.15) is 0 Å². The number of rotatable bonds is 8. The second-order valence-corrected chi connectivity index (χ2v) is 7.60. The minimum atomic E-state index is -0.803. The molecule has 1 aliphatic rings. The maximum atomic E-state index is 12.9. The van der Waals surface area contributed by atoms with Crippen molar-refractivity contribution < 1.29 is 28.6 Å². The highest BCUT2D eigenvalue weighted by Crippen LogP contribution is 2.29. The molecule has 1 aliphatic heterocycles. The van der Waals surface area contributed by atoms with Gasteiger partial charge in [0.05, 0.1) is 42.1 Å². The van der Waals surface area contributed by atoms with Crippen LogP contribution in [0.25, 0.3) is 11.0 Å². The lowest BCUT2D eigenvalue weighted by Crippen LogP contribution is -2.47. The minimum Gasteiger partial charge on any atom is -0.497 e. The Morgan fingerprint density at radius 1 is 1.06 bits per heavy atom. The summed E-state index contributed by atoms with van der Waals surface area (Å²) in [5.74, 6) is -0.646. The van der Waals surface area contributed by atoms with E-state index < -0.39 is 24.0 Å². The van der Waals surface area contributed by atoms with E-state index in [9.17, 15) is 14.4 Å². The number of hydrogen-bond donors (Lipinski definition) is 2. The van der Waals surface area contributed by atoms with Gasteiger partial charge in [0.15, 0.2) is 0 Å². The lowest BCUT2D eigenvalue weighted by molar-refractivity contribution is -0.139. The first-order valence-electron chi connectivity index (χ1n) is 11.1. The van der Waals surface area contributed by atoms with Crippen LogP contribution in [0.3, 0.4) is 0 Å². The van der Waals surface area contributed by atoms with Crippen LogP contribution in [0.5, 0.6) is 5.75 Å². The van der Waals surface area contributed by atoms with Gasteiger partial charge in [-0.1, -0.05) is 17.3 Å². The van der Waals surface area contributed by atoms with Gasteiger partial charge in [-0.15, -0.1) is 5.10 Å².